The van der Waals surface area contributed by atoms with Crippen LogP contribution in [-0.4, -0.2) is 35.0 Å². The minimum absolute atomic E-state index is 0.260. The Labute approximate surface area is 121 Å². The van der Waals surface area contributed by atoms with Crippen LogP contribution in [0.25, 0.3) is 0 Å². The summed E-state index contributed by atoms with van der Waals surface area (Å²) in [5.41, 5.74) is 1.26. The molecule has 0 fully saturated rings. The van der Waals surface area contributed by atoms with E-state index in [1.54, 1.807) is 0 Å². The van der Waals surface area contributed by atoms with Gasteiger partial charge in [0.2, 0.25) is 0 Å². The standard InChI is InChI=1S/C14H14BrNTe/c1-16(2)12-6-8-13(9-7-12)17-14-5-3-4-11(15)10-14/h3-10H,1-2H3. The second-order valence-electron chi connectivity index (χ2n) is 3.95. The van der Waals surface area contributed by atoms with Gasteiger partial charge in [-0.2, -0.15) is 0 Å². The first-order chi connectivity index (χ1) is 8.15. The zero-order valence-electron chi connectivity index (χ0n) is 9.85. The maximum absolute atomic E-state index is 3.52. The van der Waals surface area contributed by atoms with Crippen LogP contribution in [0.5, 0.6) is 0 Å². The maximum atomic E-state index is 3.52. The van der Waals surface area contributed by atoms with Gasteiger partial charge in [-0.3, -0.25) is 0 Å². The predicted octanol–water partition coefficient (Wildman–Crippen LogP) is 2.17. The number of nitrogens with zero attached hydrogens (tertiary/aromatic N) is 1. The van der Waals surface area contributed by atoms with Crippen LogP contribution in [0.2, 0.25) is 0 Å². The summed E-state index contributed by atoms with van der Waals surface area (Å²) < 4.78 is 4.10. The van der Waals surface area contributed by atoms with Crippen molar-refractivity contribution in [2.24, 2.45) is 0 Å². The Morgan fingerprint density at radius 1 is 0.941 bits per heavy atom. The van der Waals surface area contributed by atoms with Gasteiger partial charge in [0, 0.05) is 0 Å². The van der Waals surface area contributed by atoms with Crippen molar-refractivity contribution in [3.63, 3.8) is 0 Å². The second kappa shape index (κ2) is 5.91. The molecule has 0 unspecified atom stereocenters. The van der Waals surface area contributed by atoms with Crippen molar-refractivity contribution in [2.45, 2.75) is 0 Å². The van der Waals surface area contributed by atoms with Gasteiger partial charge in [0.05, 0.1) is 0 Å². The van der Waals surface area contributed by atoms with Gasteiger partial charge in [-0.1, -0.05) is 0 Å². The molecule has 0 bridgehead atoms. The van der Waals surface area contributed by atoms with Crippen LogP contribution in [0.3, 0.4) is 0 Å². The molecule has 0 aliphatic heterocycles. The molecule has 1 nitrogen and oxygen atoms in total. The summed E-state index contributed by atoms with van der Waals surface area (Å²) in [5, 5.41) is 0. The number of halogens is 1. The van der Waals surface area contributed by atoms with Gasteiger partial charge in [0.1, 0.15) is 0 Å². The van der Waals surface area contributed by atoms with Crippen LogP contribution < -0.4 is 12.1 Å². The first-order valence-electron chi connectivity index (χ1n) is 5.36. The molecule has 0 saturated carbocycles. The molecule has 3 heteroatoms. The van der Waals surface area contributed by atoms with Crippen LogP contribution in [-0.2, 0) is 0 Å². The summed E-state index contributed by atoms with van der Waals surface area (Å²) in [5.74, 6) is 0. The third-order valence-corrected chi connectivity index (χ3v) is 5.73. The molecule has 0 radical (unpaired) electrons. The summed E-state index contributed by atoms with van der Waals surface area (Å²) >= 11 is 3.26. The summed E-state index contributed by atoms with van der Waals surface area (Å²) in [7, 11) is 4.14. The van der Waals surface area contributed by atoms with E-state index in [0.717, 1.165) is 0 Å². The molecule has 0 spiro atoms. The van der Waals surface area contributed by atoms with Gasteiger partial charge >= 0.3 is 122 Å². The molecule has 0 heterocycles. The van der Waals surface area contributed by atoms with Gasteiger partial charge in [0.25, 0.3) is 0 Å². The minimum atomic E-state index is -0.260. The van der Waals surface area contributed by atoms with E-state index in [2.05, 4.69) is 83.5 Å². The van der Waals surface area contributed by atoms with Crippen LogP contribution in [0, 0.1) is 0 Å². The molecule has 0 aliphatic carbocycles. The second-order valence-corrected chi connectivity index (χ2v) is 8.14. The van der Waals surface area contributed by atoms with Gasteiger partial charge in [0.15, 0.2) is 0 Å². The molecule has 17 heavy (non-hydrogen) atoms. The van der Waals surface area contributed by atoms with Gasteiger partial charge in [-0.25, -0.2) is 0 Å². The normalized spacial score (nSPS) is 10.3. The van der Waals surface area contributed by atoms with E-state index in [1.165, 1.54) is 17.4 Å². The molecule has 2 aromatic rings. The Morgan fingerprint density at radius 2 is 1.65 bits per heavy atom. The van der Waals surface area contributed by atoms with E-state index in [9.17, 15) is 0 Å². The van der Waals surface area contributed by atoms with Crippen molar-refractivity contribution in [1.29, 1.82) is 0 Å². The molecule has 0 amide bonds. The van der Waals surface area contributed by atoms with E-state index in [4.69, 9.17) is 0 Å². The van der Waals surface area contributed by atoms with Crippen LogP contribution in [0.15, 0.2) is 53.0 Å². The number of hydrogen-bond acceptors (Lipinski definition) is 1. The molecule has 0 N–H and O–H groups in total. The fraction of sp³-hybridized carbons (Fsp3) is 0.143. The van der Waals surface area contributed by atoms with Crippen LogP contribution >= 0.6 is 15.9 Å². The van der Waals surface area contributed by atoms with E-state index < -0.39 is 0 Å². The number of anilines is 1. The molecule has 2 rings (SSSR count). The summed E-state index contributed by atoms with van der Waals surface area (Å²) in [6.45, 7) is 0. The average Bonchev–Trinajstić information content (AvgIpc) is 2.29. The number of rotatable bonds is 3. The Hall–Kier alpha value is -0.490. The molecule has 0 aromatic heterocycles. The summed E-state index contributed by atoms with van der Waals surface area (Å²) in [6, 6.07) is 17.5. The third kappa shape index (κ3) is 3.74. The van der Waals surface area contributed by atoms with E-state index in [-0.39, 0.29) is 20.9 Å². The van der Waals surface area contributed by atoms with Crippen molar-refractivity contribution < 1.29 is 0 Å². The Kier molecular flexibility index (Phi) is 4.50. The average molecular weight is 404 g/mol. The Balaban J connectivity index is 2.14. The fourth-order valence-electron chi connectivity index (χ4n) is 1.48. The van der Waals surface area contributed by atoms with E-state index >= 15 is 0 Å². The van der Waals surface area contributed by atoms with Crippen molar-refractivity contribution in [3.8, 4) is 0 Å². The molecule has 0 atom stereocenters. The first kappa shape index (κ1) is 13.0. The van der Waals surface area contributed by atoms with Gasteiger partial charge in [-0.05, 0) is 0 Å². The molecular weight excluding hydrogens is 390 g/mol. The molecule has 0 aliphatic rings. The SMILES string of the molecule is CN(C)c1ccc([Te]c2cccc(Br)c2)cc1. The van der Waals surface area contributed by atoms with Gasteiger partial charge in [-0.15, -0.1) is 0 Å². The summed E-state index contributed by atoms with van der Waals surface area (Å²) in [6.07, 6.45) is 0. The zero-order chi connectivity index (χ0) is 12.3. The Bertz CT molecular complexity index is 494. The third-order valence-electron chi connectivity index (χ3n) is 2.38. The number of benzene rings is 2. The molecule has 0 saturated heterocycles. The van der Waals surface area contributed by atoms with Crippen molar-refractivity contribution >= 4 is 49.8 Å². The predicted molar refractivity (Wildman–Crippen MR) is 79.9 cm³/mol. The van der Waals surface area contributed by atoms with Crippen molar-refractivity contribution in [2.75, 3.05) is 19.0 Å². The van der Waals surface area contributed by atoms with Gasteiger partial charge < -0.3 is 0 Å². The molecular formula is C14H14BrNTe. The topological polar surface area (TPSA) is 3.24 Å². The zero-order valence-corrected chi connectivity index (χ0v) is 13.8. The molecule has 2 aromatic carbocycles. The quantitative estimate of drug-likeness (QED) is 0.710. The number of hydrogen-bond donors (Lipinski definition) is 0. The molecule has 88 valence electrons. The monoisotopic (exact) mass is 405 g/mol. The van der Waals surface area contributed by atoms with Crippen LogP contribution in [0.1, 0.15) is 0 Å². The fourth-order valence-corrected chi connectivity index (χ4v) is 4.85. The van der Waals surface area contributed by atoms with E-state index in [1.807, 2.05) is 0 Å². The van der Waals surface area contributed by atoms with E-state index in [0.29, 0.717) is 0 Å². The first-order valence-corrected chi connectivity index (χ1v) is 8.48. The summed E-state index contributed by atoms with van der Waals surface area (Å²) in [4.78, 5) is 2.13. The van der Waals surface area contributed by atoms with Crippen LogP contribution in [0.4, 0.5) is 5.69 Å². The Morgan fingerprint density at radius 3 is 2.24 bits per heavy atom. The van der Waals surface area contributed by atoms with Crippen molar-refractivity contribution in [1.82, 2.24) is 0 Å². The van der Waals surface area contributed by atoms with Crippen molar-refractivity contribution in [3.05, 3.63) is 53.0 Å².